The summed E-state index contributed by atoms with van der Waals surface area (Å²) in [6, 6.07) is 15.9. The minimum Gasteiger partial charge on any atom is -0.493 e. The first-order valence-corrected chi connectivity index (χ1v) is 10.1. The van der Waals surface area contributed by atoms with E-state index < -0.39 is 11.9 Å². The lowest BCUT2D eigenvalue weighted by Gasteiger charge is -2.18. The van der Waals surface area contributed by atoms with Crippen molar-refractivity contribution in [1.82, 2.24) is 0 Å². The molecule has 3 aromatic carbocycles. The molecule has 0 fully saturated rings. The number of benzene rings is 3. The van der Waals surface area contributed by atoms with Crippen LogP contribution < -0.4 is 18.9 Å². The monoisotopic (exact) mass is 450 g/mol. The lowest BCUT2D eigenvalue weighted by atomic mass is 9.93. The highest BCUT2D eigenvalue weighted by Gasteiger charge is 2.30. The maximum absolute atomic E-state index is 12.7. The summed E-state index contributed by atoms with van der Waals surface area (Å²) in [5.41, 5.74) is 2.00. The van der Waals surface area contributed by atoms with Crippen molar-refractivity contribution in [3.63, 3.8) is 0 Å². The first kappa shape index (κ1) is 22.0. The molecule has 0 saturated heterocycles. The Morgan fingerprint density at radius 1 is 0.848 bits per heavy atom. The van der Waals surface area contributed by atoms with Crippen LogP contribution in [0.15, 0.2) is 54.6 Å². The Bertz CT molecular complexity index is 1190. The van der Waals surface area contributed by atoms with E-state index in [2.05, 4.69) is 0 Å². The molecule has 3 aromatic rings. The van der Waals surface area contributed by atoms with E-state index >= 15 is 0 Å². The van der Waals surface area contributed by atoms with Gasteiger partial charge in [-0.2, -0.15) is 0 Å². The molecule has 0 atom stereocenters. The van der Waals surface area contributed by atoms with E-state index in [1.165, 1.54) is 27.4 Å². The number of carbonyl (C=O) groups excluding carboxylic acids is 2. The van der Waals surface area contributed by atoms with Gasteiger partial charge in [-0.05, 0) is 29.8 Å². The summed E-state index contributed by atoms with van der Waals surface area (Å²) in [7, 11) is 4.03. The lowest BCUT2D eigenvalue weighted by Crippen LogP contribution is -2.09. The number of rotatable bonds is 7. The van der Waals surface area contributed by atoms with Crippen LogP contribution in [0, 0.1) is 0 Å². The molecule has 0 radical (unpaired) electrons. The van der Waals surface area contributed by atoms with Gasteiger partial charge in [0.25, 0.3) is 0 Å². The van der Waals surface area contributed by atoms with E-state index in [-0.39, 0.29) is 24.5 Å². The van der Waals surface area contributed by atoms with Crippen molar-refractivity contribution in [3.05, 3.63) is 71.3 Å². The molecule has 0 aliphatic carbocycles. The smallest absolute Gasteiger partial charge is 0.338 e. The molecule has 0 amide bonds. The van der Waals surface area contributed by atoms with E-state index in [9.17, 15) is 9.59 Å². The molecular weight excluding hydrogens is 428 g/mol. The third kappa shape index (κ3) is 4.27. The van der Waals surface area contributed by atoms with Crippen LogP contribution in [0.2, 0.25) is 0 Å². The van der Waals surface area contributed by atoms with Crippen molar-refractivity contribution < 1.29 is 38.0 Å². The molecule has 170 valence electrons. The minimum absolute atomic E-state index is 0.0198. The van der Waals surface area contributed by atoms with E-state index in [4.69, 9.17) is 28.4 Å². The minimum atomic E-state index is -0.620. The Morgan fingerprint density at radius 2 is 1.58 bits per heavy atom. The zero-order valence-corrected chi connectivity index (χ0v) is 18.4. The van der Waals surface area contributed by atoms with Crippen LogP contribution in [0.3, 0.4) is 0 Å². The first-order chi connectivity index (χ1) is 16.1. The maximum atomic E-state index is 12.7. The van der Waals surface area contributed by atoms with E-state index in [0.29, 0.717) is 34.1 Å². The normalized spacial score (nSPS) is 11.6. The van der Waals surface area contributed by atoms with Crippen molar-refractivity contribution in [3.8, 4) is 34.1 Å². The van der Waals surface area contributed by atoms with Crippen LogP contribution in [0.5, 0.6) is 23.0 Å². The summed E-state index contributed by atoms with van der Waals surface area (Å²) in [6.07, 6.45) is 0. The zero-order valence-electron chi connectivity index (χ0n) is 18.4. The third-order valence-corrected chi connectivity index (χ3v) is 5.16. The lowest BCUT2D eigenvalue weighted by molar-refractivity contribution is 0.0589. The number of esters is 2. The molecular formula is C25H22O8. The van der Waals surface area contributed by atoms with Gasteiger partial charge >= 0.3 is 11.9 Å². The standard InChI is InChI=1S/C25H22O8/c1-28-20-12-18(25(27)30-3)17(11-21(20)31-13-15-7-5-4-6-8-15)22-16(24(26)29-2)9-10-19-23(22)33-14-32-19/h4-12H,13-14H2,1-3H3. The summed E-state index contributed by atoms with van der Waals surface area (Å²) in [4.78, 5) is 25.3. The molecule has 0 aromatic heterocycles. The van der Waals surface area contributed by atoms with E-state index in [0.717, 1.165) is 5.56 Å². The largest absolute Gasteiger partial charge is 0.493 e. The quantitative estimate of drug-likeness (QED) is 0.494. The van der Waals surface area contributed by atoms with Crippen molar-refractivity contribution >= 4 is 11.9 Å². The Balaban J connectivity index is 1.91. The van der Waals surface area contributed by atoms with Gasteiger partial charge in [0.05, 0.1) is 32.5 Å². The molecule has 8 nitrogen and oxygen atoms in total. The highest BCUT2D eigenvalue weighted by Crippen LogP contribution is 2.47. The summed E-state index contributed by atoms with van der Waals surface area (Å²) in [5, 5.41) is 0. The number of methoxy groups -OCH3 is 3. The highest BCUT2D eigenvalue weighted by atomic mass is 16.7. The summed E-state index contributed by atoms with van der Waals surface area (Å²) in [6.45, 7) is 0.249. The summed E-state index contributed by atoms with van der Waals surface area (Å²) in [5.74, 6) is 0.251. The molecule has 0 bridgehead atoms. The van der Waals surface area contributed by atoms with Crippen LogP contribution in [-0.2, 0) is 16.1 Å². The number of hydrogen-bond donors (Lipinski definition) is 0. The Labute approximate surface area is 190 Å². The van der Waals surface area contributed by atoms with Crippen molar-refractivity contribution in [1.29, 1.82) is 0 Å². The Hall–Kier alpha value is -4.20. The van der Waals surface area contributed by atoms with Gasteiger partial charge in [0.2, 0.25) is 6.79 Å². The predicted octanol–water partition coefficient (Wildman–Crippen LogP) is 4.24. The molecule has 0 spiro atoms. The van der Waals surface area contributed by atoms with Crippen LogP contribution in [0.1, 0.15) is 26.3 Å². The van der Waals surface area contributed by atoms with Crippen molar-refractivity contribution in [2.24, 2.45) is 0 Å². The van der Waals surface area contributed by atoms with Gasteiger partial charge in [0.15, 0.2) is 23.0 Å². The van der Waals surface area contributed by atoms with Crippen LogP contribution in [0.25, 0.3) is 11.1 Å². The van der Waals surface area contributed by atoms with Crippen molar-refractivity contribution in [2.45, 2.75) is 6.61 Å². The van der Waals surface area contributed by atoms with Gasteiger partial charge in [0, 0.05) is 11.1 Å². The van der Waals surface area contributed by atoms with Crippen LogP contribution in [0.4, 0.5) is 0 Å². The molecule has 1 heterocycles. The molecule has 0 saturated carbocycles. The number of fused-ring (bicyclic) bond motifs is 1. The van der Waals surface area contributed by atoms with Gasteiger partial charge in [-0.25, -0.2) is 9.59 Å². The molecule has 0 N–H and O–H groups in total. The fourth-order valence-electron chi connectivity index (χ4n) is 3.57. The topological polar surface area (TPSA) is 89.5 Å². The fourth-order valence-corrected chi connectivity index (χ4v) is 3.57. The molecule has 33 heavy (non-hydrogen) atoms. The average Bonchev–Trinajstić information content (AvgIpc) is 3.35. The fraction of sp³-hybridized carbons (Fsp3) is 0.200. The van der Waals surface area contributed by atoms with E-state index in [1.807, 2.05) is 30.3 Å². The molecule has 8 heteroatoms. The molecule has 1 aliphatic rings. The summed E-state index contributed by atoms with van der Waals surface area (Å²) >= 11 is 0. The molecule has 1 aliphatic heterocycles. The zero-order chi connectivity index (χ0) is 23.4. The van der Waals surface area contributed by atoms with Crippen molar-refractivity contribution in [2.75, 3.05) is 28.1 Å². The average molecular weight is 450 g/mol. The van der Waals surface area contributed by atoms with Gasteiger partial charge in [-0.1, -0.05) is 30.3 Å². The first-order valence-electron chi connectivity index (χ1n) is 10.1. The Morgan fingerprint density at radius 3 is 2.27 bits per heavy atom. The summed E-state index contributed by atoms with van der Waals surface area (Å²) < 4.78 is 32.6. The maximum Gasteiger partial charge on any atom is 0.338 e. The second-order valence-corrected chi connectivity index (χ2v) is 7.03. The number of hydrogen-bond acceptors (Lipinski definition) is 8. The van der Waals surface area contributed by atoms with Crippen LogP contribution >= 0.6 is 0 Å². The Kier molecular flexibility index (Phi) is 6.35. The van der Waals surface area contributed by atoms with Crippen LogP contribution in [-0.4, -0.2) is 40.1 Å². The SMILES string of the molecule is COC(=O)c1cc(OC)c(OCc2ccccc2)cc1-c1c(C(=O)OC)ccc2c1OCO2. The van der Waals surface area contributed by atoms with Gasteiger partial charge in [-0.3, -0.25) is 0 Å². The second kappa shape index (κ2) is 9.52. The highest BCUT2D eigenvalue weighted by molar-refractivity contribution is 6.06. The number of carbonyl (C=O) groups is 2. The molecule has 0 unspecified atom stereocenters. The third-order valence-electron chi connectivity index (χ3n) is 5.16. The van der Waals surface area contributed by atoms with Gasteiger partial charge in [-0.15, -0.1) is 0 Å². The van der Waals surface area contributed by atoms with E-state index in [1.54, 1.807) is 18.2 Å². The number of ether oxygens (including phenoxy) is 6. The molecule has 4 rings (SSSR count). The van der Waals surface area contributed by atoms with Gasteiger partial charge < -0.3 is 28.4 Å². The predicted molar refractivity (Wildman–Crippen MR) is 118 cm³/mol. The van der Waals surface area contributed by atoms with Gasteiger partial charge in [0.1, 0.15) is 6.61 Å². The second-order valence-electron chi connectivity index (χ2n) is 7.03.